The van der Waals surface area contributed by atoms with Gasteiger partial charge in [0, 0.05) is 37.7 Å². The van der Waals surface area contributed by atoms with Crippen molar-refractivity contribution in [3.63, 3.8) is 0 Å². The number of aromatic amines is 2. The number of nitrogens with one attached hydrogen (secondary N) is 2. The monoisotopic (exact) mass is 406 g/mol. The number of nitrogens with zero attached hydrogens (tertiary/aromatic N) is 6. The van der Waals surface area contributed by atoms with Gasteiger partial charge in [-0.15, -0.1) is 0 Å². The van der Waals surface area contributed by atoms with Gasteiger partial charge in [0.25, 0.3) is 0 Å². The smallest absolute Gasteiger partial charge is 0.239 e. The molecule has 0 bridgehead atoms. The summed E-state index contributed by atoms with van der Waals surface area (Å²) in [6.45, 7) is 0.658. The van der Waals surface area contributed by atoms with Crippen LogP contribution in [0.25, 0.3) is 22.9 Å². The topological polar surface area (TPSA) is 129 Å². The Morgan fingerprint density at radius 2 is 2.03 bits per heavy atom. The molecule has 1 amide bonds. The van der Waals surface area contributed by atoms with Crippen molar-refractivity contribution in [2.24, 2.45) is 0 Å². The van der Waals surface area contributed by atoms with Gasteiger partial charge in [0.15, 0.2) is 5.82 Å². The Balaban J connectivity index is 1.20. The van der Waals surface area contributed by atoms with Crippen LogP contribution in [-0.2, 0) is 17.6 Å². The molecule has 3 heterocycles. The van der Waals surface area contributed by atoms with E-state index in [0.29, 0.717) is 36.9 Å². The highest BCUT2D eigenvalue weighted by Gasteiger charge is 2.14. The predicted molar refractivity (Wildman–Crippen MR) is 108 cm³/mol. The van der Waals surface area contributed by atoms with Crippen LogP contribution in [0.1, 0.15) is 24.4 Å². The second kappa shape index (κ2) is 9.12. The van der Waals surface area contributed by atoms with Crippen LogP contribution in [0.5, 0.6) is 0 Å². The highest BCUT2D eigenvalue weighted by Crippen LogP contribution is 2.17. The van der Waals surface area contributed by atoms with Crippen LogP contribution in [-0.4, -0.2) is 59.9 Å². The number of rotatable bonds is 9. The van der Waals surface area contributed by atoms with E-state index in [-0.39, 0.29) is 5.91 Å². The molecule has 0 fully saturated rings. The number of aryl methyl sites for hydroxylation is 2. The highest BCUT2D eigenvalue weighted by atomic mass is 16.5. The second-order valence-electron chi connectivity index (χ2n) is 6.91. The molecule has 4 rings (SSSR count). The number of H-pyrrole nitrogens is 2. The molecule has 0 spiro atoms. The van der Waals surface area contributed by atoms with Crippen LogP contribution in [0.15, 0.2) is 47.2 Å². The molecule has 0 aliphatic rings. The molecular weight excluding hydrogens is 384 g/mol. The molecule has 0 saturated heterocycles. The number of hydrogen-bond donors (Lipinski definition) is 2. The first-order valence-corrected chi connectivity index (χ1v) is 9.71. The molecule has 154 valence electrons. The van der Waals surface area contributed by atoms with E-state index >= 15 is 0 Å². The van der Waals surface area contributed by atoms with Gasteiger partial charge in [0.1, 0.15) is 6.33 Å². The lowest BCUT2D eigenvalue weighted by molar-refractivity contribution is -0.130. The maximum absolute atomic E-state index is 12.4. The van der Waals surface area contributed by atoms with Crippen molar-refractivity contribution in [2.75, 3.05) is 13.6 Å². The van der Waals surface area contributed by atoms with Crippen LogP contribution in [0.3, 0.4) is 0 Å². The molecule has 0 saturated carbocycles. The van der Waals surface area contributed by atoms with E-state index in [1.165, 1.54) is 6.33 Å². The van der Waals surface area contributed by atoms with Crippen molar-refractivity contribution in [3.05, 3.63) is 54.3 Å². The lowest BCUT2D eigenvalue weighted by Gasteiger charge is -2.16. The second-order valence-corrected chi connectivity index (χ2v) is 6.91. The number of benzene rings is 1. The Bertz CT molecular complexity index is 1070. The van der Waals surface area contributed by atoms with Gasteiger partial charge in [-0.2, -0.15) is 15.2 Å². The first-order chi connectivity index (χ1) is 14.7. The van der Waals surface area contributed by atoms with Gasteiger partial charge in [-0.1, -0.05) is 35.5 Å². The number of aromatic nitrogens is 7. The minimum absolute atomic E-state index is 0.0315. The molecule has 1 aromatic carbocycles. The third-order valence-electron chi connectivity index (χ3n) is 4.71. The highest BCUT2D eigenvalue weighted by molar-refractivity contribution is 5.76. The fourth-order valence-electron chi connectivity index (χ4n) is 3.05. The van der Waals surface area contributed by atoms with Gasteiger partial charge in [0.2, 0.25) is 17.6 Å². The van der Waals surface area contributed by atoms with Crippen molar-refractivity contribution < 1.29 is 9.32 Å². The molecule has 2 N–H and O–H groups in total. The Kier molecular flexibility index (Phi) is 5.93. The summed E-state index contributed by atoms with van der Waals surface area (Å²) in [5.74, 6) is 1.19. The first kappa shape index (κ1) is 19.5. The maximum Gasteiger partial charge on any atom is 0.239 e. The van der Waals surface area contributed by atoms with E-state index in [0.717, 1.165) is 29.8 Å². The Labute approximate surface area is 172 Å². The molecule has 10 heteroatoms. The fourth-order valence-corrected chi connectivity index (χ4v) is 3.05. The molecular formula is C20H22N8O2. The van der Waals surface area contributed by atoms with Crippen LogP contribution in [0.2, 0.25) is 0 Å². The zero-order valence-electron chi connectivity index (χ0n) is 16.6. The quantitative estimate of drug-likeness (QED) is 0.436. The molecule has 0 unspecified atom stereocenters. The predicted octanol–water partition coefficient (Wildman–Crippen LogP) is 2.27. The number of amides is 1. The SMILES string of the molecule is CN(CCCc1cc(-c2ccccc2)n[nH]1)C(=O)CCc1nc(-c2ncn[nH]2)no1. The van der Waals surface area contributed by atoms with Crippen molar-refractivity contribution in [1.82, 2.24) is 40.4 Å². The molecule has 4 aromatic rings. The van der Waals surface area contributed by atoms with Crippen LogP contribution < -0.4 is 0 Å². The minimum atomic E-state index is 0.0315. The zero-order chi connectivity index (χ0) is 20.8. The summed E-state index contributed by atoms with van der Waals surface area (Å²) in [5.41, 5.74) is 3.07. The van der Waals surface area contributed by atoms with E-state index < -0.39 is 0 Å². The molecule has 30 heavy (non-hydrogen) atoms. The summed E-state index contributed by atoms with van der Waals surface area (Å²) in [7, 11) is 1.80. The van der Waals surface area contributed by atoms with Gasteiger partial charge in [0.05, 0.1) is 5.69 Å². The minimum Gasteiger partial charge on any atom is -0.346 e. The number of carbonyl (C=O) groups is 1. The average Bonchev–Trinajstić information content (AvgIpc) is 3.54. The third-order valence-corrected chi connectivity index (χ3v) is 4.71. The lowest BCUT2D eigenvalue weighted by Crippen LogP contribution is -2.28. The van der Waals surface area contributed by atoms with E-state index in [2.05, 4.69) is 41.6 Å². The molecule has 0 aliphatic heterocycles. The van der Waals surface area contributed by atoms with E-state index in [1.54, 1.807) is 11.9 Å². The third kappa shape index (κ3) is 4.77. The average molecular weight is 406 g/mol. The van der Waals surface area contributed by atoms with Crippen LogP contribution >= 0.6 is 0 Å². The van der Waals surface area contributed by atoms with Gasteiger partial charge < -0.3 is 9.42 Å². The zero-order valence-corrected chi connectivity index (χ0v) is 16.6. The van der Waals surface area contributed by atoms with Crippen molar-refractivity contribution >= 4 is 5.91 Å². The largest absolute Gasteiger partial charge is 0.346 e. The Morgan fingerprint density at radius 1 is 1.17 bits per heavy atom. The van der Waals surface area contributed by atoms with E-state index in [1.807, 2.05) is 30.3 Å². The van der Waals surface area contributed by atoms with Gasteiger partial charge >= 0.3 is 0 Å². The summed E-state index contributed by atoms with van der Waals surface area (Å²) in [5, 5.41) is 17.7. The number of carbonyl (C=O) groups excluding carboxylic acids is 1. The molecule has 0 atom stereocenters. The maximum atomic E-state index is 12.4. The molecule has 0 aliphatic carbocycles. The van der Waals surface area contributed by atoms with Crippen molar-refractivity contribution in [3.8, 4) is 22.9 Å². The summed E-state index contributed by atoms with van der Waals surface area (Å²) in [6, 6.07) is 12.1. The van der Waals surface area contributed by atoms with Crippen LogP contribution in [0.4, 0.5) is 0 Å². The molecule has 3 aromatic heterocycles. The van der Waals surface area contributed by atoms with Crippen molar-refractivity contribution in [2.45, 2.75) is 25.7 Å². The normalized spacial score (nSPS) is 11.0. The Hall–Kier alpha value is -3.82. The summed E-state index contributed by atoms with van der Waals surface area (Å²) < 4.78 is 5.17. The fraction of sp³-hybridized carbons (Fsp3) is 0.300. The van der Waals surface area contributed by atoms with E-state index in [4.69, 9.17) is 4.52 Å². The van der Waals surface area contributed by atoms with Crippen LogP contribution in [0, 0.1) is 0 Å². The van der Waals surface area contributed by atoms with Crippen molar-refractivity contribution in [1.29, 1.82) is 0 Å². The Morgan fingerprint density at radius 3 is 2.83 bits per heavy atom. The summed E-state index contributed by atoms with van der Waals surface area (Å²) >= 11 is 0. The summed E-state index contributed by atoms with van der Waals surface area (Å²) in [4.78, 5) is 22.3. The molecule has 0 radical (unpaired) electrons. The standard InChI is InChI=1S/C20H22N8O2/c1-28(11-5-8-15-12-16(25-24-15)14-6-3-2-4-7-14)18(29)10-9-17-23-20(27-30-17)19-21-13-22-26-19/h2-4,6-7,12-13H,5,8-11H2,1H3,(H,24,25)(H,21,22,26). The van der Waals surface area contributed by atoms with Gasteiger partial charge in [-0.3, -0.25) is 15.0 Å². The first-order valence-electron chi connectivity index (χ1n) is 9.71. The lowest BCUT2D eigenvalue weighted by atomic mass is 10.1. The van der Waals surface area contributed by atoms with Gasteiger partial charge in [-0.25, -0.2) is 4.98 Å². The summed E-state index contributed by atoms with van der Waals surface area (Å²) in [6.07, 6.45) is 3.72. The van der Waals surface area contributed by atoms with Gasteiger partial charge in [-0.05, 0) is 18.9 Å². The number of hydrogen-bond acceptors (Lipinski definition) is 7. The molecule has 10 nitrogen and oxygen atoms in total. The van der Waals surface area contributed by atoms with E-state index in [9.17, 15) is 4.79 Å².